The standard InChI is InChI=1S/C24H24FN3O4S/c25-19-6-12-22(13-7-19)33(30,31)27-21-10-8-20(9-11-21)26-23(18-4-2-1-3-5-18)24(29)28-14-16-32-17-15-28/h1-13,23,26-27H,14-17H2. The first-order chi connectivity index (χ1) is 15.9. The van der Waals surface area contributed by atoms with Crippen LogP contribution in [0.2, 0.25) is 0 Å². The minimum Gasteiger partial charge on any atom is -0.378 e. The van der Waals surface area contributed by atoms with Gasteiger partial charge in [0.2, 0.25) is 5.91 Å². The van der Waals surface area contributed by atoms with Crippen LogP contribution in [-0.2, 0) is 19.6 Å². The number of benzene rings is 3. The molecule has 172 valence electrons. The van der Waals surface area contributed by atoms with Gasteiger partial charge in [-0.15, -0.1) is 0 Å². The molecule has 0 bridgehead atoms. The lowest BCUT2D eigenvalue weighted by Crippen LogP contribution is -2.44. The summed E-state index contributed by atoms with van der Waals surface area (Å²) in [5, 5.41) is 3.27. The molecule has 1 saturated heterocycles. The van der Waals surface area contributed by atoms with Crippen molar-refractivity contribution in [3.05, 3.63) is 90.2 Å². The molecule has 0 radical (unpaired) electrons. The summed E-state index contributed by atoms with van der Waals surface area (Å²) >= 11 is 0. The lowest BCUT2D eigenvalue weighted by molar-refractivity contribution is -0.136. The Bertz CT molecular complexity index is 1180. The zero-order chi connectivity index (χ0) is 23.3. The van der Waals surface area contributed by atoms with E-state index in [0.29, 0.717) is 37.7 Å². The largest absolute Gasteiger partial charge is 0.378 e. The Labute approximate surface area is 192 Å². The molecule has 1 amide bonds. The van der Waals surface area contributed by atoms with E-state index in [-0.39, 0.29) is 10.8 Å². The molecule has 33 heavy (non-hydrogen) atoms. The molecule has 0 spiro atoms. The molecule has 3 aromatic carbocycles. The zero-order valence-electron chi connectivity index (χ0n) is 17.8. The van der Waals surface area contributed by atoms with Crippen LogP contribution in [0.1, 0.15) is 11.6 Å². The lowest BCUT2D eigenvalue weighted by Gasteiger charge is -2.31. The van der Waals surface area contributed by atoms with E-state index >= 15 is 0 Å². The number of halogens is 1. The second kappa shape index (κ2) is 10.0. The summed E-state index contributed by atoms with van der Waals surface area (Å²) in [5.74, 6) is -0.561. The highest BCUT2D eigenvalue weighted by Gasteiger charge is 2.27. The molecule has 1 fully saturated rings. The van der Waals surface area contributed by atoms with Crippen LogP contribution in [0, 0.1) is 5.82 Å². The van der Waals surface area contributed by atoms with Gasteiger partial charge in [0, 0.05) is 24.5 Å². The van der Waals surface area contributed by atoms with Crippen LogP contribution in [-0.4, -0.2) is 45.5 Å². The van der Waals surface area contributed by atoms with Crippen LogP contribution in [0.4, 0.5) is 15.8 Å². The molecular formula is C24H24FN3O4S. The van der Waals surface area contributed by atoms with Gasteiger partial charge in [-0.2, -0.15) is 0 Å². The molecule has 3 aromatic rings. The average Bonchev–Trinajstić information content (AvgIpc) is 2.84. The molecule has 9 heteroatoms. The van der Waals surface area contributed by atoms with Crippen molar-refractivity contribution in [2.75, 3.05) is 36.3 Å². The maximum absolute atomic E-state index is 13.2. The minimum absolute atomic E-state index is 0.0358. The number of carbonyl (C=O) groups is 1. The van der Waals surface area contributed by atoms with E-state index in [2.05, 4.69) is 10.0 Å². The Balaban J connectivity index is 1.50. The van der Waals surface area contributed by atoms with Crippen LogP contribution >= 0.6 is 0 Å². The highest BCUT2D eigenvalue weighted by Crippen LogP contribution is 2.25. The van der Waals surface area contributed by atoms with Gasteiger partial charge in [-0.1, -0.05) is 30.3 Å². The van der Waals surface area contributed by atoms with Crippen molar-refractivity contribution in [3.8, 4) is 0 Å². The third kappa shape index (κ3) is 5.68. The van der Waals surface area contributed by atoms with Gasteiger partial charge in [0.25, 0.3) is 10.0 Å². The van der Waals surface area contributed by atoms with Crippen LogP contribution in [0.5, 0.6) is 0 Å². The first kappa shape index (κ1) is 22.8. The number of nitrogens with zero attached hydrogens (tertiary/aromatic N) is 1. The Kier molecular flexibility index (Phi) is 6.90. The second-order valence-electron chi connectivity index (χ2n) is 7.56. The molecule has 0 aromatic heterocycles. The predicted octanol–water partition coefficient (Wildman–Crippen LogP) is 3.64. The van der Waals surface area contributed by atoms with E-state index in [1.54, 1.807) is 29.2 Å². The number of ether oxygens (including phenoxy) is 1. The third-order valence-corrected chi connectivity index (χ3v) is 6.67. The second-order valence-corrected chi connectivity index (χ2v) is 9.24. The molecule has 1 atom stereocenters. The van der Waals surface area contributed by atoms with E-state index in [9.17, 15) is 17.6 Å². The van der Waals surface area contributed by atoms with E-state index in [4.69, 9.17) is 4.74 Å². The highest BCUT2D eigenvalue weighted by atomic mass is 32.2. The molecule has 2 N–H and O–H groups in total. The molecule has 1 aliphatic rings. The fourth-order valence-electron chi connectivity index (χ4n) is 3.53. The topological polar surface area (TPSA) is 87.7 Å². The molecule has 7 nitrogen and oxygen atoms in total. The van der Waals surface area contributed by atoms with Gasteiger partial charge in [-0.25, -0.2) is 12.8 Å². The molecule has 0 saturated carbocycles. The SMILES string of the molecule is O=C(C(Nc1ccc(NS(=O)(=O)c2ccc(F)cc2)cc1)c1ccccc1)N1CCOCC1. The molecule has 4 rings (SSSR count). The average molecular weight is 470 g/mol. The maximum atomic E-state index is 13.2. The molecule has 1 unspecified atom stereocenters. The number of amides is 1. The smallest absolute Gasteiger partial charge is 0.261 e. The Morgan fingerprint density at radius 3 is 2.12 bits per heavy atom. The van der Waals surface area contributed by atoms with E-state index in [1.807, 2.05) is 30.3 Å². The molecule has 1 aliphatic heterocycles. The first-order valence-electron chi connectivity index (χ1n) is 10.5. The molecule has 0 aliphatic carbocycles. The number of nitrogens with one attached hydrogen (secondary N) is 2. The number of rotatable bonds is 7. The summed E-state index contributed by atoms with van der Waals surface area (Å²) in [4.78, 5) is 15.0. The van der Waals surface area contributed by atoms with Gasteiger partial charge in [0.1, 0.15) is 11.9 Å². The monoisotopic (exact) mass is 469 g/mol. The van der Waals surface area contributed by atoms with Crippen molar-refractivity contribution in [1.29, 1.82) is 0 Å². The van der Waals surface area contributed by atoms with E-state index in [0.717, 1.165) is 17.7 Å². The van der Waals surface area contributed by atoms with Crippen LogP contribution in [0.3, 0.4) is 0 Å². The van der Waals surface area contributed by atoms with Gasteiger partial charge in [0.05, 0.1) is 18.1 Å². The van der Waals surface area contributed by atoms with Crippen molar-refractivity contribution in [2.45, 2.75) is 10.9 Å². The van der Waals surface area contributed by atoms with Crippen LogP contribution in [0.15, 0.2) is 83.8 Å². The summed E-state index contributed by atoms with van der Waals surface area (Å²) in [6.07, 6.45) is 0. The molecular weight excluding hydrogens is 445 g/mol. The maximum Gasteiger partial charge on any atom is 0.261 e. The summed E-state index contributed by atoms with van der Waals surface area (Å²) in [7, 11) is -3.85. The van der Waals surface area contributed by atoms with Gasteiger partial charge in [-0.3, -0.25) is 9.52 Å². The number of anilines is 2. The molecule has 1 heterocycles. The third-order valence-electron chi connectivity index (χ3n) is 5.27. The fourth-order valence-corrected chi connectivity index (χ4v) is 4.59. The number of hydrogen-bond donors (Lipinski definition) is 2. The van der Waals surface area contributed by atoms with Gasteiger partial charge >= 0.3 is 0 Å². The summed E-state index contributed by atoms with van der Waals surface area (Å²) < 4.78 is 46.0. The van der Waals surface area contributed by atoms with Crippen molar-refractivity contribution >= 4 is 27.3 Å². The van der Waals surface area contributed by atoms with Crippen molar-refractivity contribution in [1.82, 2.24) is 4.90 Å². The minimum atomic E-state index is -3.85. The normalized spacial score (nSPS) is 15.0. The Hall–Kier alpha value is -3.43. The van der Waals surface area contributed by atoms with Crippen molar-refractivity contribution in [2.24, 2.45) is 0 Å². The number of carbonyl (C=O) groups excluding carboxylic acids is 1. The van der Waals surface area contributed by atoms with Crippen LogP contribution < -0.4 is 10.0 Å². The highest BCUT2D eigenvalue weighted by molar-refractivity contribution is 7.92. The van der Waals surface area contributed by atoms with E-state index in [1.165, 1.54) is 12.1 Å². The summed E-state index contributed by atoms with van der Waals surface area (Å²) in [5.41, 5.74) is 1.84. The fraction of sp³-hybridized carbons (Fsp3) is 0.208. The predicted molar refractivity (Wildman–Crippen MR) is 124 cm³/mol. The number of sulfonamides is 1. The van der Waals surface area contributed by atoms with Gasteiger partial charge in [-0.05, 0) is 54.1 Å². The Morgan fingerprint density at radius 1 is 0.879 bits per heavy atom. The lowest BCUT2D eigenvalue weighted by atomic mass is 10.0. The van der Waals surface area contributed by atoms with E-state index < -0.39 is 21.9 Å². The summed E-state index contributed by atoms with van der Waals surface area (Å²) in [6.45, 7) is 2.09. The van der Waals surface area contributed by atoms with Gasteiger partial charge in [0.15, 0.2) is 0 Å². The Morgan fingerprint density at radius 2 is 1.48 bits per heavy atom. The van der Waals surface area contributed by atoms with Crippen molar-refractivity contribution in [3.63, 3.8) is 0 Å². The number of hydrogen-bond acceptors (Lipinski definition) is 5. The quantitative estimate of drug-likeness (QED) is 0.552. The first-order valence-corrected chi connectivity index (χ1v) is 12.0. The summed E-state index contributed by atoms with van der Waals surface area (Å²) in [6, 6.07) is 20.0. The number of morpholine rings is 1. The zero-order valence-corrected chi connectivity index (χ0v) is 18.6. The van der Waals surface area contributed by atoms with Crippen LogP contribution in [0.25, 0.3) is 0 Å². The van der Waals surface area contributed by atoms with Gasteiger partial charge < -0.3 is 15.0 Å². The van der Waals surface area contributed by atoms with Crippen molar-refractivity contribution < 1.29 is 22.3 Å².